The quantitative estimate of drug-likeness (QED) is 0.296. The number of hydrogen-bond donors (Lipinski definition) is 2. The SMILES string of the molecule is CCNC(=NCc1cc(OC)c(OC)c(OC)c1)NCCN1CCCCCC1.I. The number of nitrogens with zero attached hydrogens (tertiary/aromatic N) is 2. The highest BCUT2D eigenvalue weighted by molar-refractivity contribution is 14.0. The van der Waals surface area contributed by atoms with Crippen molar-refractivity contribution in [1.82, 2.24) is 15.5 Å². The molecule has 0 atom stereocenters. The highest BCUT2D eigenvalue weighted by Crippen LogP contribution is 2.38. The van der Waals surface area contributed by atoms with E-state index in [1.807, 2.05) is 12.1 Å². The summed E-state index contributed by atoms with van der Waals surface area (Å²) >= 11 is 0. The fourth-order valence-electron chi connectivity index (χ4n) is 3.43. The smallest absolute Gasteiger partial charge is 0.203 e. The molecular formula is C21H37IN4O3. The van der Waals surface area contributed by atoms with E-state index in [9.17, 15) is 0 Å². The molecule has 1 aromatic carbocycles. The molecule has 29 heavy (non-hydrogen) atoms. The molecule has 7 nitrogen and oxygen atoms in total. The van der Waals surface area contributed by atoms with E-state index in [-0.39, 0.29) is 24.0 Å². The molecule has 8 heteroatoms. The number of halogens is 1. The third-order valence-corrected chi connectivity index (χ3v) is 4.91. The Morgan fingerprint density at radius 3 is 2.10 bits per heavy atom. The van der Waals surface area contributed by atoms with Crippen LogP contribution in [0.2, 0.25) is 0 Å². The minimum atomic E-state index is 0. The number of guanidine groups is 1. The van der Waals surface area contributed by atoms with E-state index >= 15 is 0 Å². The third-order valence-electron chi connectivity index (χ3n) is 4.91. The van der Waals surface area contributed by atoms with Crippen LogP contribution in [-0.4, -0.2) is 64.9 Å². The van der Waals surface area contributed by atoms with Gasteiger partial charge in [0.1, 0.15) is 0 Å². The van der Waals surface area contributed by atoms with Gasteiger partial charge in [0, 0.05) is 19.6 Å². The number of likely N-dealkylation sites (tertiary alicyclic amines) is 1. The van der Waals surface area contributed by atoms with Crippen molar-refractivity contribution in [2.24, 2.45) is 4.99 Å². The first-order chi connectivity index (χ1) is 13.7. The fraction of sp³-hybridized carbons (Fsp3) is 0.667. The number of ether oxygens (including phenoxy) is 3. The standard InChI is InChI=1S/C21H36N4O3.HI/c1-5-22-21(23-10-13-25-11-8-6-7-9-12-25)24-16-17-14-18(26-2)20(28-4)19(15-17)27-3;/h14-15H,5-13,16H2,1-4H3,(H2,22,23,24);1H. The summed E-state index contributed by atoms with van der Waals surface area (Å²) in [5, 5.41) is 6.76. The predicted molar refractivity (Wildman–Crippen MR) is 129 cm³/mol. The number of nitrogens with one attached hydrogen (secondary N) is 2. The van der Waals surface area contributed by atoms with Crippen molar-refractivity contribution >= 4 is 29.9 Å². The van der Waals surface area contributed by atoms with Gasteiger partial charge in [0.05, 0.1) is 27.9 Å². The molecule has 1 heterocycles. The molecule has 0 radical (unpaired) electrons. The number of rotatable bonds is 9. The molecule has 2 N–H and O–H groups in total. The van der Waals surface area contributed by atoms with Crippen LogP contribution in [-0.2, 0) is 6.54 Å². The molecular weight excluding hydrogens is 483 g/mol. The maximum Gasteiger partial charge on any atom is 0.203 e. The first-order valence-corrected chi connectivity index (χ1v) is 10.2. The normalized spacial score (nSPS) is 15.1. The van der Waals surface area contributed by atoms with Crippen molar-refractivity contribution < 1.29 is 14.2 Å². The highest BCUT2D eigenvalue weighted by Gasteiger charge is 2.13. The maximum absolute atomic E-state index is 5.43. The highest BCUT2D eigenvalue weighted by atomic mass is 127. The first kappa shape index (κ1) is 25.6. The molecule has 0 amide bonds. The van der Waals surface area contributed by atoms with Crippen molar-refractivity contribution in [3.63, 3.8) is 0 Å². The van der Waals surface area contributed by atoms with Gasteiger partial charge in [-0.1, -0.05) is 12.8 Å². The molecule has 0 bridgehead atoms. The lowest BCUT2D eigenvalue weighted by molar-refractivity contribution is 0.289. The summed E-state index contributed by atoms with van der Waals surface area (Å²) in [6, 6.07) is 3.87. The zero-order valence-corrected chi connectivity index (χ0v) is 20.6. The van der Waals surface area contributed by atoms with Crippen molar-refractivity contribution in [1.29, 1.82) is 0 Å². The van der Waals surface area contributed by atoms with Gasteiger partial charge in [-0.15, -0.1) is 24.0 Å². The molecule has 1 fully saturated rings. The van der Waals surface area contributed by atoms with Crippen molar-refractivity contribution in [2.75, 3.05) is 54.1 Å². The van der Waals surface area contributed by atoms with Gasteiger partial charge in [-0.05, 0) is 50.6 Å². The summed E-state index contributed by atoms with van der Waals surface area (Å²) in [5.41, 5.74) is 0.999. The molecule has 0 spiro atoms. The second kappa shape index (κ2) is 14.5. The van der Waals surface area contributed by atoms with Gasteiger partial charge in [-0.3, -0.25) is 0 Å². The van der Waals surface area contributed by atoms with Crippen molar-refractivity contribution in [2.45, 2.75) is 39.2 Å². The Bertz CT molecular complexity index is 595. The van der Waals surface area contributed by atoms with Gasteiger partial charge in [-0.25, -0.2) is 4.99 Å². The lowest BCUT2D eigenvalue weighted by Crippen LogP contribution is -2.41. The van der Waals surface area contributed by atoms with Crippen LogP contribution in [0.3, 0.4) is 0 Å². The summed E-state index contributed by atoms with van der Waals surface area (Å²) in [7, 11) is 4.85. The van der Waals surface area contributed by atoms with Crippen LogP contribution in [0.25, 0.3) is 0 Å². The van der Waals surface area contributed by atoms with Crippen LogP contribution in [0.15, 0.2) is 17.1 Å². The Labute approximate surface area is 192 Å². The molecule has 1 aliphatic rings. The minimum absolute atomic E-state index is 0. The minimum Gasteiger partial charge on any atom is -0.493 e. The molecule has 0 aliphatic carbocycles. The topological polar surface area (TPSA) is 67.4 Å². The molecule has 1 aliphatic heterocycles. The van der Waals surface area contributed by atoms with Crippen LogP contribution in [0.4, 0.5) is 0 Å². The Hall–Kier alpha value is -1.42. The first-order valence-electron chi connectivity index (χ1n) is 10.2. The molecule has 0 saturated carbocycles. The van der Waals surface area contributed by atoms with Crippen LogP contribution in [0.5, 0.6) is 17.2 Å². The largest absolute Gasteiger partial charge is 0.493 e. The summed E-state index contributed by atoms with van der Waals surface area (Å²) in [6.07, 6.45) is 5.36. The monoisotopic (exact) mass is 520 g/mol. The van der Waals surface area contributed by atoms with E-state index in [4.69, 9.17) is 19.2 Å². The summed E-state index contributed by atoms with van der Waals surface area (Å²) in [6.45, 7) is 7.78. The van der Waals surface area contributed by atoms with E-state index in [1.165, 1.54) is 38.8 Å². The Morgan fingerprint density at radius 2 is 1.59 bits per heavy atom. The number of hydrogen-bond acceptors (Lipinski definition) is 5. The Kier molecular flexibility index (Phi) is 12.8. The molecule has 0 unspecified atom stereocenters. The maximum atomic E-state index is 5.43. The summed E-state index contributed by atoms with van der Waals surface area (Å²) < 4.78 is 16.2. The van der Waals surface area contributed by atoms with Gasteiger partial charge in [0.25, 0.3) is 0 Å². The van der Waals surface area contributed by atoms with E-state index in [0.29, 0.717) is 23.8 Å². The van der Waals surface area contributed by atoms with Crippen LogP contribution in [0, 0.1) is 0 Å². The summed E-state index contributed by atoms with van der Waals surface area (Å²) in [4.78, 5) is 7.26. The lowest BCUT2D eigenvalue weighted by atomic mass is 10.2. The van der Waals surface area contributed by atoms with E-state index in [1.54, 1.807) is 21.3 Å². The molecule has 1 aromatic rings. The van der Waals surface area contributed by atoms with Gasteiger partial charge < -0.3 is 29.7 Å². The Morgan fingerprint density at radius 1 is 0.966 bits per heavy atom. The molecule has 1 saturated heterocycles. The zero-order chi connectivity index (χ0) is 20.2. The van der Waals surface area contributed by atoms with Crippen LogP contribution < -0.4 is 24.8 Å². The second-order valence-electron chi connectivity index (χ2n) is 6.91. The van der Waals surface area contributed by atoms with Gasteiger partial charge >= 0.3 is 0 Å². The number of benzene rings is 1. The molecule has 0 aromatic heterocycles. The van der Waals surface area contributed by atoms with E-state index < -0.39 is 0 Å². The van der Waals surface area contributed by atoms with Gasteiger partial charge in [0.2, 0.25) is 5.75 Å². The van der Waals surface area contributed by atoms with Crippen LogP contribution in [0.1, 0.15) is 38.2 Å². The molecule has 166 valence electrons. The average Bonchev–Trinajstić information content (AvgIpc) is 2.99. The zero-order valence-electron chi connectivity index (χ0n) is 18.3. The predicted octanol–water partition coefficient (Wildman–Crippen LogP) is 3.26. The molecule has 2 rings (SSSR count). The van der Waals surface area contributed by atoms with E-state index in [2.05, 4.69) is 22.5 Å². The number of aliphatic imine (C=N–C) groups is 1. The number of methoxy groups -OCH3 is 3. The average molecular weight is 520 g/mol. The lowest BCUT2D eigenvalue weighted by Gasteiger charge is -2.20. The fourth-order valence-corrected chi connectivity index (χ4v) is 3.43. The Balaban J connectivity index is 0.00000420. The van der Waals surface area contributed by atoms with Crippen molar-refractivity contribution in [3.05, 3.63) is 17.7 Å². The third kappa shape index (κ3) is 8.46. The van der Waals surface area contributed by atoms with E-state index in [0.717, 1.165) is 31.2 Å². The second-order valence-corrected chi connectivity index (χ2v) is 6.91. The summed E-state index contributed by atoms with van der Waals surface area (Å²) in [5.74, 6) is 2.71. The van der Waals surface area contributed by atoms with Gasteiger partial charge in [-0.2, -0.15) is 0 Å². The van der Waals surface area contributed by atoms with Gasteiger partial charge in [0.15, 0.2) is 17.5 Å². The van der Waals surface area contributed by atoms with Crippen LogP contribution >= 0.6 is 24.0 Å². The van der Waals surface area contributed by atoms with Crippen molar-refractivity contribution in [3.8, 4) is 17.2 Å².